The molecular formula is C17H10O8S. The molecule has 2 aromatic rings. The van der Waals surface area contributed by atoms with E-state index >= 15 is 0 Å². The number of benzene rings is 2. The summed E-state index contributed by atoms with van der Waals surface area (Å²) in [6.07, 6.45) is 0. The molecule has 8 nitrogen and oxygen atoms in total. The van der Waals surface area contributed by atoms with Crippen molar-refractivity contribution in [3.63, 3.8) is 0 Å². The van der Waals surface area contributed by atoms with E-state index in [0.717, 1.165) is 6.07 Å². The number of ether oxygens (including phenoxy) is 2. The number of carbonyl (C=O) groups is 4. The molecule has 0 bridgehead atoms. The molecule has 0 radical (unpaired) electrons. The Morgan fingerprint density at radius 1 is 1.00 bits per heavy atom. The predicted octanol–water partition coefficient (Wildman–Crippen LogP) is 1.45. The maximum absolute atomic E-state index is 12.8. The normalized spacial score (nSPS) is 13.1. The third kappa shape index (κ3) is 2.78. The van der Waals surface area contributed by atoms with E-state index < -0.39 is 27.7 Å². The van der Waals surface area contributed by atoms with Crippen molar-refractivity contribution in [1.29, 1.82) is 0 Å². The molecule has 0 aliphatic carbocycles. The Morgan fingerprint density at radius 3 is 2.27 bits per heavy atom. The fourth-order valence-electron chi connectivity index (χ4n) is 2.51. The van der Waals surface area contributed by atoms with Crippen molar-refractivity contribution < 1.29 is 37.1 Å². The van der Waals surface area contributed by atoms with Crippen molar-refractivity contribution in [2.75, 3.05) is 0 Å². The Hall–Kier alpha value is -3.33. The summed E-state index contributed by atoms with van der Waals surface area (Å²) in [6, 6.07) is 7.12. The number of fused-ring (bicyclic) bond motifs is 1. The third-order valence-corrected chi connectivity index (χ3v) is 5.56. The molecular weight excluding hydrogens is 364 g/mol. The molecule has 3 rings (SSSR count). The van der Waals surface area contributed by atoms with Gasteiger partial charge in [-0.05, 0) is 48.9 Å². The molecule has 0 fully saturated rings. The first-order valence-electron chi connectivity index (χ1n) is 7.16. The van der Waals surface area contributed by atoms with Gasteiger partial charge in [-0.25, -0.2) is 22.8 Å². The van der Waals surface area contributed by atoms with E-state index in [1.807, 2.05) is 0 Å². The lowest BCUT2D eigenvalue weighted by atomic mass is 10.1. The van der Waals surface area contributed by atoms with Gasteiger partial charge >= 0.3 is 24.4 Å². The SMILES string of the molecule is Cc1cc(S(=O)(=O)c2ccc3c(c2)C(=O)OC3=O)ccc1C(=O)OC=O. The molecule has 1 heterocycles. The van der Waals surface area contributed by atoms with Crippen molar-refractivity contribution in [1.82, 2.24) is 0 Å². The Morgan fingerprint density at radius 2 is 1.62 bits per heavy atom. The standard InChI is InChI=1S/C17H10O8S/c1-9-6-10(2-4-12(9)15(19)24-8-18)26(22,23)11-3-5-13-14(7-11)17(21)25-16(13)20/h2-8H,1H3. The zero-order chi connectivity index (χ0) is 19.1. The molecule has 0 amide bonds. The highest BCUT2D eigenvalue weighted by Crippen LogP contribution is 2.28. The van der Waals surface area contributed by atoms with Gasteiger partial charge in [0.1, 0.15) is 0 Å². The van der Waals surface area contributed by atoms with Crippen LogP contribution in [0.25, 0.3) is 0 Å². The van der Waals surface area contributed by atoms with Crippen LogP contribution in [-0.2, 0) is 24.1 Å². The van der Waals surface area contributed by atoms with Crippen molar-refractivity contribution in [2.45, 2.75) is 16.7 Å². The maximum atomic E-state index is 12.8. The summed E-state index contributed by atoms with van der Waals surface area (Å²) in [4.78, 5) is 44.6. The summed E-state index contributed by atoms with van der Waals surface area (Å²) in [6.45, 7) is 1.47. The highest BCUT2D eigenvalue weighted by atomic mass is 32.2. The molecule has 0 atom stereocenters. The maximum Gasteiger partial charge on any atom is 0.346 e. The van der Waals surface area contributed by atoms with Crippen molar-refractivity contribution >= 4 is 34.2 Å². The molecule has 0 N–H and O–H groups in total. The Balaban J connectivity index is 2.04. The van der Waals surface area contributed by atoms with Crippen LogP contribution in [0.1, 0.15) is 36.6 Å². The predicted molar refractivity (Wildman–Crippen MR) is 84.3 cm³/mol. The fourth-order valence-corrected chi connectivity index (χ4v) is 3.88. The average Bonchev–Trinajstić information content (AvgIpc) is 2.88. The highest BCUT2D eigenvalue weighted by molar-refractivity contribution is 7.91. The van der Waals surface area contributed by atoms with Crippen LogP contribution in [0.15, 0.2) is 46.2 Å². The van der Waals surface area contributed by atoms with Gasteiger partial charge in [0.25, 0.3) is 0 Å². The van der Waals surface area contributed by atoms with Crippen molar-refractivity contribution in [3.8, 4) is 0 Å². The smallest absolute Gasteiger partial charge is 0.346 e. The van der Waals surface area contributed by atoms with Crippen LogP contribution < -0.4 is 0 Å². The summed E-state index contributed by atoms with van der Waals surface area (Å²) in [5.41, 5.74) is 0.198. The number of cyclic esters (lactones) is 2. The van der Waals surface area contributed by atoms with Crippen LogP contribution in [0.3, 0.4) is 0 Å². The van der Waals surface area contributed by atoms with Crippen LogP contribution >= 0.6 is 0 Å². The highest BCUT2D eigenvalue weighted by Gasteiger charge is 2.31. The molecule has 132 valence electrons. The quantitative estimate of drug-likeness (QED) is 0.448. The first kappa shape index (κ1) is 17.5. The van der Waals surface area contributed by atoms with E-state index in [-0.39, 0.29) is 38.5 Å². The van der Waals surface area contributed by atoms with Crippen molar-refractivity contribution in [2.24, 2.45) is 0 Å². The minimum absolute atomic E-state index is 0.00270. The zero-order valence-corrected chi connectivity index (χ0v) is 14.0. The van der Waals surface area contributed by atoms with Crippen LogP contribution in [0.4, 0.5) is 0 Å². The number of hydrogen-bond donors (Lipinski definition) is 0. The second kappa shape index (κ2) is 6.19. The van der Waals surface area contributed by atoms with Gasteiger partial charge in [0.15, 0.2) is 0 Å². The van der Waals surface area contributed by atoms with Gasteiger partial charge < -0.3 is 9.47 Å². The lowest BCUT2D eigenvalue weighted by Crippen LogP contribution is -2.08. The van der Waals surface area contributed by atoms with E-state index in [2.05, 4.69) is 9.47 Å². The molecule has 0 spiro atoms. The molecule has 0 unspecified atom stereocenters. The average molecular weight is 374 g/mol. The van der Waals surface area contributed by atoms with Crippen LogP contribution in [0.2, 0.25) is 0 Å². The van der Waals surface area contributed by atoms with Gasteiger partial charge in [-0.1, -0.05) is 0 Å². The first-order chi connectivity index (χ1) is 12.3. The van der Waals surface area contributed by atoms with Gasteiger partial charge in [0.2, 0.25) is 9.84 Å². The number of esters is 3. The zero-order valence-electron chi connectivity index (χ0n) is 13.2. The molecule has 26 heavy (non-hydrogen) atoms. The molecule has 0 saturated carbocycles. The first-order valence-corrected chi connectivity index (χ1v) is 8.65. The minimum atomic E-state index is -4.02. The van der Waals surface area contributed by atoms with E-state index in [4.69, 9.17) is 0 Å². The fraction of sp³-hybridized carbons (Fsp3) is 0.0588. The number of sulfone groups is 1. The minimum Gasteiger partial charge on any atom is -0.392 e. The molecule has 0 saturated heterocycles. The molecule has 1 aliphatic heterocycles. The summed E-state index contributed by atoms with van der Waals surface area (Å²) in [5.74, 6) is -2.65. The van der Waals surface area contributed by atoms with Gasteiger partial charge in [0, 0.05) is 0 Å². The number of hydrogen-bond acceptors (Lipinski definition) is 8. The monoisotopic (exact) mass is 374 g/mol. The van der Waals surface area contributed by atoms with Crippen LogP contribution in [0.5, 0.6) is 0 Å². The second-order valence-corrected chi connectivity index (χ2v) is 7.32. The van der Waals surface area contributed by atoms with E-state index in [1.54, 1.807) is 0 Å². The molecule has 2 aromatic carbocycles. The van der Waals surface area contributed by atoms with Crippen LogP contribution in [-0.4, -0.2) is 32.8 Å². The van der Waals surface area contributed by atoms with E-state index in [0.29, 0.717) is 0 Å². The Bertz CT molecular complexity index is 1080. The lowest BCUT2D eigenvalue weighted by molar-refractivity contribution is -0.123. The largest absolute Gasteiger partial charge is 0.392 e. The lowest BCUT2D eigenvalue weighted by Gasteiger charge is -2.08. The summed E-state index contributed by atoms with van der Waals surface area (Å²) >= 11 is 0. The topological polar surface area (TPSA) is 121 Å². The number of carbonyl (C=O) groups excluding carboxylic acids is 4. The molecule has 1 aliphatic rings. The van der Waals surface area contributed by atoms with Crippen LogP contribution in [0, 0.1) is 6.92 Å². The van der Waals surface area contributed by atoms with Gasteiger partial charge in [0.05, 0.1) is 26.5 Å². The van der Waals surface area contributed by atoms with E-state index in [1.165, 1.54) is 37.3 Å². The van der Waals surface area contributed by atoms with Gasteiger partial charge in [-0.3, -0.25) is 4.79 Å². The number of aryl methyl sites for hydroxylation is 1. The van der Waals surface area contributed by atoms with Gasteiger partial charge in [-0.2, -0.15) is 0 Å². The number of rotatable bonds is 4. The van der Waals surface area contributed by atoms with Gasteiger partial charge in [-0.15, -0.1) is 0 Å². The van der Waals surface area contributed by atoms with Crippen molar-refractivity contribution in [3.05, 3.63) is 58.7 Å². The summed E-state index contributed by atoms with van der Waals surface area (Å²) in [7, 11) is -4.02. The second-order valence-electron chi connectivity index (χ2n) is 5.37. The molecule has 9 heteroatoms. The molecule has 0 aromatic heterocycles. The third-order valence-electron chi connectivity index (χ3n) is 3.81. The van der Waals surface area contributed by atoms with E-state index in [9.17, 15) is 27.6 Å². The summed E-state index contributed by atoms with van der Waals surface area (Å²) < 4.78 is 34.2. The Kier molecular flexibility index (Phi) is 4.17. The Labute approximate surface area is 147 Å². The summed E-state index contributed by atoms with van der Waals surface area (Å²) in [5, 5.41) is 0.